The van der Waals surface area contributed by atoms with E-state index in [0.29, 0.717) is 0 Å². The quantitative estimate of drug-likeness (QED) is 0.544. The first kappa shape index (κ1) is 21.1. The van der Waals surface area contributed by atoms with Crippen LogP contribution in [0.25, 0.3) is 0 Å². The highest BCUT2D eigenvalue weighted by molar-refractivity contribution is 5.30. The third kappa shape index (κ3) is 4.85. The fourth-order valence-corrected chi connectivity index (χ4v) is 4.63. The number of hydrogen-bond donors (Lipinski definition) is 2. The van der Waals surface area contributed by atoms with E-state index in [0.717, 1.165) is 19.3 Å². The van der Waals surface area contributed by atoms with E-state index in [1.165, 1.54) is 41.5 Å². The first-order valence-electron chi connectivity index (χ1n) is 11.0. The summed E-state index contributed by atoms with van der Waals surface area (Å²) in [5.41, 5.74) is 4.47. The predicted octanol–water partition coefficient (Wildman–Crippen LogP) is 6.42. The monoisotopic (exact) mass is 379 g/mol. The number of nitrogens with one attached hydrogen (secondary N) is 1. The highest BCUT2D eigenvalue weighted by atomic mass is 16.3. The molecule has 152 valence electrons. The summed E-state index contributed by atoms with van der Waals surface area (Å²) in [7, 11) is 0. The summed E-state index contributed by atoms with van der Waals surface area (Å²) < 4.78 is 0. The van der Waals surface area contributed by atoms with Crippen LogP contribution in [0.1, 0.15) is 86.7 Å². The zero-order valence-electron chi connectivity index (χ0n) is 18.0. The second kappa shape index (κ2) is 9.24. The van der Waals surface area contributed by atoms with Crippen LogP contribution in [0.15, 0.2) is 48.5 Å². The summed E-state index contributed by atoms with van der Waals surface area (Å²) in [4.78, 5) is 0. The lowest BCUT2D eigenvalue weighted by Crippen LogP contribution is -2.52. The lowest BCUT2D eigenvalue weighted by atomic mass is 9.70. The molecule has 1 aliphatic heterocycles. The minimum absolute atomic E-state index is 0.164. The Bertz CT molecular complexity index is 736. The van der Waals surface area contributed by atoms with Gasteiger partial charge in [0.2, 0.25) is 0 Å². The second-order valence-corrected chi connectivity index (χ2v) is 8.93. The Morgan fingerprint density at radius 3 is 2.04 bits per heavy atom. The van der Waals surface area contributed by atoms with Crippen molar-refractivity contribution in [1.29, 1.82) is 0 Å². The molecule has 0 amide bonds. The van der Waals surface area contributed by atoms with Crippen molar-refractivity contribution in [3.05, 3.63) is 70.8 Å². The van der Waals surface area contributed by atoms with E-state index in [2.05, 4.69) is 81.5 Å². The molecule has 28 heavy (non-hydrogen) atoms. The highest BCUT2D eigenvalue weighted by Crippen LogP contribution is 2.45. The largest absolute Gasteiger partial charge is 0.389 e. The molecule has 1 heterocycles. The summed E-state index contributed by atoms with van der Waals surface area (Å²) in [6.07, 6.45) is 6.48. The van der Waals surface area contributed by atoms with Gasteiger partial charge in [0.1, 0.15) is 0 Å². The minimum atomic E-state index is -0.635. The summed E-state index contributed by atoms with van der Waals surface area (Å²) in [5.74, 6) is 0.179. The molecule has 3 rings (SSSR count). The van der Waals surface area contributed by atoms with Gasteiger partial charge in [0, 0.05) is 18.0 Å². The molecular weight excluding hydrogens is 342 g/mol. The van der Waals surface area contributed by atoms with E-state index >= 15 is 0 Å². The third-order valence-electron chi connectivity index (χ3n) is 6.67. The lowest BCUT2D eigenvalue weighted by molar-refractivity contribution is -0.0754. The van der Waals surface area contributed by atoms with E-state index in [1.807, 2.05) is 0 Å². The van der Waals surface area contributed by atoms with Gasteiger partial charge in [-0.1, -0.05) is 99.2 Å². The molecule has 1 saturated heterocycles. The Hall–Kier alpha value is -1.64. The number of rotatable bonds is 7. The Morgan fingerprint density at radius 2 is 1.46 bits per heavy atom. The molecule has 2 heteroatoms. The van der Waals surface area contributed by atoms with Crippen molar-refractivity contribution in [3.63, 3.8) is 0 Å². The lowest BCUT2D eigenvalue weighted by Gasteiger charge is -2.48. The summed E-state index contributed by atoms with van der Waals surface area (Å²) >= 11 is 0. The molecule has 0 aliphatic carbocycles. The first-order chi connectivity index (χ1) is 13.4. The fraction of sp³-hybridized carbons (Fsp3) is 0.538. The van der Waals surface area contributed by atoms with Gasteiger partial charge in [-0.25, -0.2) is 0 Å². The molecule has 1 fully saturated rings. The van der Waals surface area contributed by atoms with Gasteiger partial charge < -0.3 is 10.4 Å². The number of piperidine rings is 1. The maximum Gasteiger partial charge on any atom is 0.0709 e. The molecular formula is C26H37NO. The van der Waals surface area contributed by atoms with E-state index in [4.69, 9.17) is 0 Å². The van der Waals surface area contributed by atoms with Gasteiger partial charge in [-0.05, 0) is 37.8 Å². The Balaban J connectivity index is 1.87. The number of unbranched alkanes of at least 4 members (excludes halogenated alkanes) is 3. The third-order valence-corrected chi connectivity index (χ3v) is 6.67. The number of benzene rings is 2. The van der Waals surface area contributed by atoms with Crippen LogP contribution in [0.5, 0.6) is 0 Å². The molecule has 0 aromatic heterocycles. The molecule has 2 nitrogen and oxygen atoms in total. The minimum Gasteiger partial charge on any atom is -0.389 e. The van der Waals surface area contributed by atoms with Crippen LogP contribution in [0.3, 0.4) is 0 Å². The molecule has 0 unspecified atom stereocenters. The van der Waals surface area contributed by atoms with E-state index in [1.54, 1.807) is 0 Å². The SMILES string of the molecule is CCCCCC[C@]1(O)C[C@H](c2ccc(C)cc2)N[C@H](c2ccc(C)cc2)[C@H]1C. The Morgan fingerprint density at radius 1 is 0.893 bits per heavy atom. The standard InChI is InChI=1S/C26H37NO/c1-5-6-7-8-17-26(28)18-24(22-13-9-19(2)10-14-22)27-25(21(26)4)23-15-11-20(3)12-16-23/h9-16,21,24-25,27-28H,5-8,17-18H2,1-4H3/t21-,24-,25+,26+/m1/s1. The van der Waals surface area contributed by atoms with Crippen molar-refractivity contribution in [1.82, 2.24) is 5.32 Å². The van der Waals surface area contributed by atoms with E-state index in [-0.39, 0.29) is 18.0 Å². The van der Waals surface area contributed by atoms with Gasteiger partial charge >= 0.3 is 0 Å². The summed E-state index contributed by atoms with van der Waals surface area (Å²) in [6, 6.07) is 17.9. The average molecular weight is 380 g/mol. The van der Waals surface area contributed by atoms with Crippen LogP contribution in [0.2, 0.25) is 0 Å². The number of hydrogen-bond acceptors (Lipinski definition) is 2. The summed E-state index contributed by atoms with van der Waals surface area (Å²) in [6.45, 7) is 8.71. The Kier molecular flexibility index (Phi) is 6.95. The van der Waals surface area contributed by atoms with Gasteiger partial charge in [-0.15, -0.1) is 0 Å². The fourth-order valence-electron chi connectivity index (χ4n) is 4.63. The van der Waals surface area contributed by atoms with Crippen LogP contribution in [0, 0.1) is 19.8 Å². The van der Waals surface area contributed by atoms with Crippen LogP contribution in [-0.4, -0.2) is 10.7 Å². The molecule has 4 atom stereocenters. The van der Waals surface area contributed by atoms with Crippen molar-refractivity contribution in [3.8, 4) is 0 Å². The zero-order valence-corrected chi connectivity index (χ0v) is 18.0. The predicted molar refractivity (Wildman–Crippen MR) is 118 cm³/mol. The van der Waals surface area contributed by atoms with Crippen molar-refractivity contribution >= 4 is 0 Å². The maximum atomic E-state index is 11.8. The maximum absolute atomic E-state index is 11.8. The van der Waals surface area contributed by atoms with Gasteiger partial charge in [0.05, 0.1) is 5.60 Å². The van der Waals surface area contributed by atoms with Crippen LogP contribution >= 0.6 is 0 Å². The number of aryl methyl sites for hydroxylation is 2. The molecule has 0 spiro atoms. The number of aliphatic hydroxyl groups is 1. The van der Waals surface area contributed by atoms with E-state index < -0.39 is 5.60 Å². The van der Waals surface area contributed by atoms with Crippen molar-refractivity contribution < 1.29 is 5.11 Å². The van der Waals surface area contributed by atoms with Crippen LogP contribution < -0.4 is 5.32 Å². The van der Waals surface area contributed by atoms with Gasteiger partial charge in [0.15, 0.2) is 0 Å². The normalized spacial score (nSPS) is 27.7. The molecule has 2 N–H and O–H groups in total. The van der Waals surface area contributed by atoms with Gasteiger partial charge in [0.25, 0.3) is 0 Å². The highest BCUT2D eigenvalue weighted by Gasteiger charge is 2.45. The Labute approximate surface area is 171 Å². The zero-order chi connectivity index (χ0) is 20.1. The molecule has 1 aliphatic rings. The van der Waals surface area contributed by atoms with Gasteiger partial charge in [-0.2, -0.15) is 0 Å². The molecule has 0 saturated carbocycles. The second-order valence-electron chi connectivity index (χ2n) is 8.93. The van der Waals surface area contributed by atoms with Crippen LogP contribution in [0.4, 0.5) is 0 Å². The van der Waals surface area contributed by atoms with Crippen molar-refractivity contribution in [2.75, 3.05) is 0 Å². The van der Waals surface area contributed by atoms with Crippen molar-refractivity contribution in [2.24, 2.45) is 5.92 Å². The van der Waals surface area contributed by atoms with Gasteiger partial charge in [-0.3, -0.25) is 0 Å². The molecule has 0 radical (unpaired) electrons. The average Bonchev–Trinajstić information content (AvgIpc) is 2.69. The van der Waals surface area contributed by atoms with E-state index in [9.17, 15) is 5.11 Å². The van der Waals surface area contributed by atoms with Crippen LogP contribution in [-0.2, 0) is 0 Å². The molecule has 2 aromatic carbocycles. The first-order valence-corrected chi connectivity index (χ1v) is 11.0. The topological polar surface area (TPSA) is 32.3 Å². The summed E-state index contributed by atoms with van der Waals surface area (Å²) in [5, 5.41) is 15.6. The smallest absolute Gasteiger partial charge is 0.0709 e. The molecule has 2 aromatic rings. The van der Waals surface area contributed by atoms with Crippen molar-refractivity contribution in [2.45, 2.75) is 83.9 Å². The molecule has 0 bridgehead atoms.